The van der Waals surface area contributed by atoms with E-state index in [9.17, 15) is 9.59 Å². The Balaban J connectivity index is 1.69. The molecule has 5 heteroatoms. The van der Waals surface area contributed by atoms with Crippen LogP contribution in [0, 0.1) is 18.8 Å². The van der Waals surface area contributed by atoms with Crippen LogP contribution in [0.15, 0.2) is 24.3 Å². The van der Waals surface area contributed by atoms with Crippen LogP contribution in [0.25, 0.3) is 0 Å². The molecule has 1 heterocycles. The monoisotopic (exact) mass is 357 g/mol. The number of nitrogens with one attached hydrogen (secondary N) is 2. The van der Waals surface area contributed by atoms with Gasteiger partial charge in [-0.05, 0) is 37.2 Å². The molecule has 26 heavy (non-hydrogen) atoms. The third-order valence-electron chi connectivity index (χ3n) is 6.05. The Morgan fingerprint density at radius 2 is 1.85 bits per heavy atom. The lowest BCUT2D eigenvalue weighted by molar-refractivity contribution is -0.124. The van der Waals surface area contributed by atoms with E-state index in [0.717, 1.165) is 31.5 Å². The second-order valence-corrected chi connectivity index (χ2v) is 8.30. The van der Waals surface area contributed by atoms with Crippen LogP contribution < -0.4 is 10.6 Å². The number of rotatable bonds is 6. The van der Waals surface area contributed by atoms with Gasteiger partial charge in [-0.15, -0.1) is 0 Å². The van der Waals surface area contributed by atoms with Crippen LogP contribution in [0.4, 0.5) is 0 Å². The number of hydrogen-bond acceptors (Lipinski definition) is 3. The van der Waals surface area contributed by atoms with E-state index in [1.807, 2.05) is 0 Å². The standard InChI is InChI=1S/C21H31N3O2/c1-14(2)17-11-24(13-19(25)22-4)12-18(17)23-20(26)21(9-10-21)16-7-5-15(3)6-8-16/h5-8,14,17-18H,9-13H2,1-4H3,(H,22,25)(H,23,26). The third kappa shape index (κ3) is 3.78. The molecule has 0 bridgehead atoms. The lowest BCUT2D eigenvalue weighted by atomic mass is 9.89. The summed E-state index contributed by atoms with van der Waals surface area (Å²) in [5.74, 6) is 1.01. The van der Waals surface area contributed by atoms with Crippen molar-refractivity contribution in [1.82, 2.24) is 15.5 Å². The highest BCUT2D eigenvalue weighted by Gasteiger charge is 2.52. The summed E-state index contributed by atoms with van der Waals surface area (Å²) in [7, 11) is 1.66. The Labute approximate surface area is 156 Å². The minimum Gasteiger partial charge on any atom is -0.358 e. The van der Waals surface area contributed by atoms with E-state index >= 15 is 0 Å². The molecule has 2 amide bonds. The highest BCUT2D eigenvalue weighted by molar-refractivity contribution is 5.91. The first-order chi connectivity index (χ1) is 12.4. The molecule has 5 nitrogen and oxygen atoms in total. The first-order valence-corrected chi connectivity index (χ1v) is 9.67. The minimum absolute atomic E-state index is 0.0257. The number of likely N-dealkylation sites (tertiary alicyclic amines) is 1. The smallest absolute Gasteiger partial charge is 0.233 e. The maximum Gasteiger partial charge on any atom is 0.233 e. The number of carbonyl (C=O) groups is 2. The van der Waals surface area contributed by atoms with Crippen molar-refractivity contribution in [3.8, 4) is 0 Å². The van der Waals surface area contributed by atoms with E-state index in [4.69, 9.17) is 0 Å². The Bertz CT molecular complexity index is 664. The summed E-state index contributed by atoms with van der Waals surface area (Å²) < 4.78 is 0. The van der Waals surface area contributed by atoms with E-state index in [0.29, 0.717) is 18.4 Å². The Morgan fingerprint density at radius 3 is 2.38 bits per heavy atom. The summed E-state index contributed by atoms with van der Waals surface area (Å²) in [5, 5.41) is 6.02. The van der Waals surface area contributed by atoms with E-state index in [-0.39, 0.29) is 23.3 Å². The van der Waals surface area contributed by atoms with Crippen molar-refractivity contribution >= 4 is 11.8 Å². The predicted molar refractivity (Wildman–Crippen MR) is 103 cm³/mol. The highest BCUT2D eigenvalue weighted by Crippen LogP contribution is 2.48. The summed E-state index contributed by atoms with van der Waals surface area (Å²) in [6.07, 6.45) is 1.84. The molecule has 2 N–H and O–H groups in total. The van der Waals surface area contributed by atoms with Crippen LogP contribution in [-0.2, 0) is 15.0 Å². The molecule has 2 atom stereocenters. The Kier molecular flexibility index (Phi) is 5.37. The molecule has 0 spiro atoms. The lowest BCUT2D eigenvalue weighted by Gasteiger charge is -2.25. The number of aryl methyl sites for hydroxylation is 1. The molecule has 3 rings (SSSR count). The predicted octanol–water partition coefficient (Wildman–Crippen LogP) is 1.85. The number of nitrogens with zero attached hydrogens (tertiary/aromatic N) is 1. The Morgan fingerprint density at radius 1 is 1.19 bits per heavy atom. The number of hydrogen-bond donors (Lipinski definition) is 2. The molecule has 1 saturated carbocycles. The van der Waals surface area contributed by atoms with Crippen LogP contribution in [0.3, 0.4) is 0 Å². The first-order valence-electron chi connectivity index (χ1n) is 9.67. The number of benzene rings is 1. The van der Waals surface area contributed by atoms with Crippen molar-refractivity contribution in [1.29, 1.82) is 0 Å². The van der Waals surface area contributed by atoms with Gasteiger partial charge in [-0.1, -0.05) is 43.7 Å². The zero-order chi connectivity index (χ0) is 18.9. The largest absolute Gasteiger partial charge is 0.358 e. The third-order valence-corrected chi connectivity index (χ3v) is 6.05. The molecular formula is C21H31N3O2. The van der Waals surface area contributed by atoms with Gasteiger partial charge in [0, 0.05) is 26.2 Å². The van der Waals surface area contributed by atoms with Gasteiger partial charge in [0.25, 0.3) is 0 Å². The second kappa shape index (κ2) is 7.39. The van der Waals surface area contributed by atoms with Crippen molar-refractivity contribution in [2.45, 2.75) is 45.1 Å². The maximum atomic E-state index is 13.1. The first kappa shape index (κ1) is 18.9. The van der Waals surface area contributed by atoms with Gasteiger partial charge in [-0.2, -0.15) is 0 Å². The van der Waals surface area contributed by atoms with Gasteiger partial charge in [0.1, 0.15) is 0 Å². The normalized spacial score (nSPS) is 24.5. The quantitative estimate of drug-likeness (QED) is 0.817. The van der Waals surface area contributed by atoms with Crippen molar-refractivity contribution in [3.05, 3.63) is 35.4 Å². The fourth-order valence-corrected chi connectivity index (χ4v) is 4.10. The molecule has 1 aliphatic carbocycles. The van der Waals surface area contributed by atoms with Gasteiger partial charge in [0.05, 0.1) is 12.0 Å². The van der Waals surface area contributed by atoms with Gasteiger partial charge >= 0.3 is 0 Å². The lowest BCUT2D eigenvalue weighted by Crippen LogP contribution is -2.46. The Hall–Kier alpha value is -1.88. The fraction of sp³-hybridized carbons (Fsp3) is 0.619. The fourth-order valence-electron chi connectivity index (χ4n) is 4.10. The molecule has 142 valence electrons. The van der Waals surface area contributed by atoms with Crippen LogP contribution in [0.2, 0.25) is 0 Å². The molecule has 0 aromatic heterocycles. The summed E-state index contributed by atoms with van der Waals surface area (Å²) in [5.41, 5.74) is 2.00. The molecule has 0 radical (unpaired) electrons. The molecule has 1 saturated heterocycles. The molecule has 1 aromatic rings. The minimum atomic E-state index is -0.344. The average molecular weight is 357 g/mol. The molecular weight excluding hydrogens is 326 g/mol. The van der Waals surface area contributed by atoms with Gasteiger partial charge in [0.2, 0.25) is 11.8 Å². The number of likely N-dealkylation sites (N-methyl/N-ethyl adjacent to an activating group) is 1. The molecule has 2 fully saturated rings. The summed E-state index contributed by atoms with van der Waals surface area (Å²) in [6.45, 7) is 8.45. The van der Waals surface area contributed by atoms with Crippen LogP contribution in [-0.4, -0.2) is 49.4 Å². The second-order valence-electron chi connectivity index (χ2n) is 8.30. The van der Waals surface area contributed by atoms with Crippen molar-refractivity contribution in [2.24, 2.45) is 11.8 Å². The summed E-state index contributed by atoms with van der Waals surface area (Å²) >= 11 is 0. The SMILES string of the molecule is CNC(=O)CN1CC(NC(=O)C2(c3ccc(C)cc3)CC2)C(C(C)C)C1. The number of carbonyl (C=O) groups excluding carboxylic acids is 2. The zero-order valence-corrected chi connectivity index (χ0v) is 16.3. The van der Waals surface area contributed by atoms with E-state index < -0.39 is 0 Å². The molecule has 1 aromatic carbocycles. The number of amides is 2. The summed E-state index contributed by atoms with van der Waals surface area (Å²) in [4.78, 5) is 27.0. The van der Waals surface area contributed by atoms with Crippen molar-refractivity contribution < 1.29 is 9.59 Å². The van der Waals surface area contributed by atoms with Gasteiger partial charge < -0.3 is 10.6 Å². The van der Waals surface area contributed by atoms with Crippen molar-refractivity contribution in [3.63, 3.8) is 0 Å². The van der Waals surface area contributed by atoms with Gasteiger partial charge in [0.15, 0.2) is 0 Å². The van der Waals surface area contributed by atoms with Crippen LogP contribution in [0.5, 0.6) is 0 Å². The average Bonchev–Trinajstić information content (AvgIpc) is 3.32. The highest BCUT2D eigenvalue weighted by atomic mass is 16.2. The summed E-state index contributed by atoms with van der Waals surface area (Å²) in [6, 6.07) is 8.46. The van der Waals surface area contributed by atoms with Gasteiger partial charge in [-0.3, -0.25) is 14.5 Å². The van der Waals surface area contributed by atoms with Crippen LogP contribution >= 0.6 is 0 Å². The molecule has 2 unspecified atom stereocenters. The van der Waals surface area contributed by atoms with E-state index in [2.05, 4.69) is 60.6 Å². The van der Waals surface area contributed by atoms with Crippen LogP contribution in [0.1, 0.15) is 37.8 Å². The molecule has 2 aliphatic rings. The topological polar surface area (TPSA) is 61.4 Å². The maximum absolute atomic E-state index is 13.1. The van der Waals surface area contributed by atoms with E-state index in [1.165, 1.54) is 5.56 Å². The molecule has 1 aliphatic heterocycles. The van der Waals surface area contributed by atoms with Crippen molar-refractivity contribution in [2.75, 3.05) is 26.7 Å². The van der Waals surface area contributed by atoms with Gasteiger partial charge in [-0.25, -0.2) is 0 Å². The van der Waals surface area contributed by atoms with E-state index in [1.54, 1.807) is 7.05 Å². The zero-order valence-electron chi connectivity index (χ0n) is 16.3.